The first-order valence-electron chi connectivity index (χ1n) is 42.3. The van der Waals surface area contributed by atoms with E-state index in [9.17, 15) is 17.3 Å². The molecule has 0 radical (unpaired) electrons. The van der Waals surface area contributed by atoms with Crippen LogP contribution in [0.5, 0.6) is 0 Å². The van der Waals surface area contributed by atoms with E-state index in [0.29, 0.717) is 0 Å². The zero-order valence-electron chi connectivity index (χ0n) is 83.4. The number of benzene rings is 8. The van der Waals surface area contributed by atoms with Gasteiger partial charge in [0.05, 0.1) is 113 Å². The zero-order chi connectivity index (χ0) is 107. The fourth-order valence-corrected chi connectivity index (χ4v) is 28.3. The molecule has 0 amide bonds. The molecule has 0 unspecified atom stereocenters. The second-order valence-electron chi connectivity index (χ2n) is 30.2. The lowest BCUT2D eigenvalue weighted by Crippen LogP contribution is -2.39. The third kappa shape index (κ3) is 46.0. The second-order valence-corrected chi connectivity index (χ2v) is 46.7. The first kappa shape index (κ1) is 125. The van der Waals surface area contributed by atoms with Crippen LogP contribution in [0.1, 0.15) is 0 Å². The molecule has 0 N–H and O–H groups in total. The monoisotopic (exact) mass is 2260 g/mol. The third-order valence-electron chi connectivity index (χ3n) is 17.6. The Morgan fingerprint density at radius 2 is 0.243 bits per heavy atom. The molecule has 0 aliphatic rings. The van der Waals surface area contributed by atoms with E-state index in [1.807, 2.05) is 351 Å². The molecule has 0 bridgehead atoms. The van der Waals surface area contributed by atoms with E-state index in [2.05, 4.69) is 176 Å². The lowest BCUT2D eigenvalue weighted by atomic mass is 10.3. The number of para-hydroxylation sites is 8. The van der Waals surface area contributed by atoms with Gasteiger partial charge in [0.15, 0.2) is 0 Å². The van der Waals surface area contributed by atoms with Crippen molar-refractivity contribution in [1.29, 1.82) is 0 Å². The van der Waals surface area contributed by atoms with E-state index >= 15 is 0 Å². The van der Waals surface area contributed by atoms with Gasteiger partial charge in [0.2, 0.25) is 0 Å². The topological polar surface area (TPSA) is 338 Å². The van der Waals surface area contributed by atoms with Crippen molar-refractivity contribution in [1.82, 2.24) is 76.5 Å². The predicted molar refractivity (Wildman–Crippen MR) is 600 cm³/mol. The van der Waals surface area contributed by atoms with E-state index in [1.165, 1.54) is 0 Å². The molecule has 0 saturated heterocycles. The van der Waals surface area contributed by atoms with Gasteiger partial charge in [-0.1, -0.05) is 146 Å². The molecule has 0 spiro atoms. The molecule has 16 rings (SSSR count). The van der Waals surface area contributed by atoms with Gasteiger partial charge in [0, 0.05) is 224 Å². The fourth-order valence-electron chi connectivity index (χ4n) is 10.1. The van der Waals surface area contributed by atoms with Crippen molar-refractivity contribution in [3.63, 3.8) is 0 Å². The smallest absolute Gasteiger partial charge is 0.390 e. The van der Waals surface area contributed by atoms with Crippen molar-refractivity contribution >= 4 is 282 Å². The summed E-state index contributed by atoms with van der Waals surface area (Å²) in [5.74, 6) is 0. The molecule has 768 valence electrons. The van der Waals surface area contributed by atoms with E-state index in [4.69, 9.17) is 40.2 Å². The lowest BCUT2D eigenvalue weighted by Gasteiger charge is -2.11. The van der Waals surface area contributed by atoms with E-state index in [1.54, 1.807) is 165 Å². The van der Waals surface area contributed by atoms with Gasteiger partial charge in [0.25, 0.3) is 0 Å². The van der Waals surface area contributed by atoms with Gasteiger partial charge in [-0.25, -0.2) is 0 Å². The standard InChI is InChI=1S/8C11H14N3S2.4BFO2/c8*1-13(2)10-12-11(16-15-10)14(3)9-7-5-4-6-8-9;4*2-1(3)4/h8*4-8H,1-3H3;;;;/q8*+1;4*-2. The van der Waals surface area contributed by atoms with Crippen LogP contribution in [-0.2, 0) is 0 Å². The number of nitrogens with zero attached hydrogens (tertiary/aromatic N) is 24. The molecular formula is C88H112B4F4N24O8S16. The zero-order valence-corrected chi connectivity index (χ0v) is 96.5. The predicted octanol–water partition coefficient (Wildman–Crippen LogP) is 6.68. The molecule has 16 aromatic rings. The Morgan fingerprint density at radius 3 is 0.306 bits per heavy atom. The minimum absolute atomic E-state index is 1.03. The Balaban J connectivity index is 0.000000283. The minimum Gasteiger partial charge on any atom is -0.867 e. The Kier molecular flexibility index (Phi) is 58.0. The van der Waals surface area contributed by atoms with Crippen LogP contribution in [0, 0.1) is 0 Å². The normalized spacial score (nSPS) is 9.81. The number of hydrogen-bond acceptors (Lipinski definition) is 40. The molecule has 8 heterocycles. The van der Waals surface area contributed by atoms with Crippen molar-refractivity contribution in [3.8, 4) is 0 Å². The molecular weight excluding hydrogens is 2150 g/mol. The molecule has 0 saturated carbocycles. The van der Waals surface area contributed by atoms with Gasteiger partial charge in [-0.3, -0.25) is 75.8 Å². The first-order valence-corrected chi connectivity index (χ1v) is 59.5. The number of halogens is 4. The largest absolute Gasteiger partial charge is 0.867 e. The quantitative estimate of drug-likeness (QED) is 0.0421. The SMILES string of the molecule is CN(c1ccccc1)c1nc(=[N+](C)C)ss1.CN(c1ccccc1)c1nc(=[N+](C)C)ss1.CN(c1ccccc1)c1nc(=[N+](C)C)ss1.CN(c1ccccc1)c1nc(=[N+](C)C)ss1.CN(c1ccccc1)c1nc(=[N+](C)C)ss1.CN(c1ccccc1)c1nc(=[N+](C)C)ss1.CN(c1ccccc1)c1nc(=[N+](C)C)ss1.CN(c1ccccc1)c1nc(=[N+](C)C)ss1.[O-]B([O-])F.[O-]B([O-])F.[O-]B([O-])F.[O-]B([O-])F. The van der Waals surface area contributed by atoms with Crippen molar-refractivity contribution in [3.05, 3.63) is 281 Å². The Morgan fingerprint density at radius 1 is 0.167 bits per heavy atom. The summed E-state index contributed by atoms with van der Waals surface area (Å²) in [6, 6.07) is 82.1. The van der Waals surface area contributed by atoms with Gasteiger partial charge < -0.3 is 57.5 Å². The molecule has 8 aromatic heterocycles. The summed E-state index contributed by atoms with van der Waals surface area (Å²) in [6.07, 6.45) is 0. The Hall–Kier alpha value is -9.94. The molecule has 32 nitrogen and oxygen atoms in total. The summed E-state index contributed by atoms with van der Waals surface area (Å²) < 4.78 is 55.8. The maximum Gasteiger partial charge on any atom is 0.390 e. The molecule has 0 fully saturated rings. The van der Waals surface area contributed by atoms with Crippen LogP contribution in [0.3, 0.4) is 0 Å². The summed E-state index contributed by atoms with van der Waals surface area (Å²) in [5.41, 5.74) is 9.29. The Bertz CT molecular complexity index is 5680. The van der Waals surface area contributed by atoms with Crippen LogP contribution in [0.4, 0.5) is 104 Å². The molecule has 8 aromatic carbocycles. The third-order valence-corrected chi connectivity index (χ3v) is 36.3. The summed E-state index contributed by atoms with van der Waals surface area (Å²) in [4.78, 5) is 61.8. The van der Waals surface area contributed by atoms with Crippen molar-refractivity contribution < 1.29 is 57.5 Å². The van der Waals surface area contributed by atoms with Crippen LogP contribution >= 0.6 is 165 Å². The van der Waals surface area contributed by atoms with Crippen molar-refractivity contribution in [2.45, 2.75) is 0 Å². The molecule has 0 atom stereocenters. The van der Waals surface area contributed by atoms with Crippen LogP contribution in [0.25, 0.3) is 0 Å². The molecule has 0 aliphatic carbocycles. The summed E-state index contributed by atoms with van der Waals surface area (Å²) in [6.45, 7) is 0. The van der Waals surface area contributed by atoms with E-state index in [0.717, 1.165) is 125 Å². The van der Waals surface area contributed by atoms with Crippen LogP contribution in [0.2, 0.25) is 0 Å². The minimum atomic E-state index is -3.17. The van der Waals surface area contributed by atoms with Gasteiger partial charge >= 0.3 is 79.5 Å². The summed E-state index contributed by atoms with van der Waals surface area (Å²) in [5, 5.41) is 74.7. The molecule has 56 heteroatoms. The maximum atomic E-state index is 9.89. The summed E-state index contributed by atoms with van der Waals surface area (Å²) >= 11 is 0. The second kappa shape index (κ2) is 67.0. The average Bonchev–Trinajstić information content (AvgIpc) is 1.75. The van der Waals surface area contributed by atoms with Gasteiger partial charge in [-0.2, -0.15) is 0 Å². The number of hydrogen-bond donors (Lipinski definition) is 0. The fraction of sp³-hybridized carbons (Fsp3) is 0.273. The molecule has 0 aliphatic heterocycles. The number of rotatable bonds is 16. The van der Waals surface area contributed by atoms with Crippen LogP contribution in [0.15, 0.2) is 243 Å². The lowest BCUT2D eigenvalue weighted by molar-refractivity contribution is -0.368. The van der Waals surface area contributed by atoms with Gasteiger partial charge in [0.1, 0.15) is 29.6 Å². The average molecular weight is 2270 g/mol. The van der Waals surface area contributed by atoms with Crippen LogP contribution < -0.4 is 154 Å². The highest BCUT2D eigenvalue weighted by Crippen LogP contribution is 2.33. The number of anilines is 16. The highest BCUT2D eigenvalue weighted by atomic mass is 32.9. The van der Waals surface area contributed by atoms with Crippen molar-refractivity contribution in [2.24, 2.45) is 0 Å². The van der Waals surface area contributed by atoms with Gasteiger partial charge in [-0.15, -0.1) is 0 Å². The Labute approximate surface area is 896 Å². The van der Waals surface area contributed by atoms with Crippen molar-refractivity contribution in [2.75, 3.05) is 208 Å². The highest BCUT2D eigenvalue weighted by molar-refractivity contribution is 7.72. The van der Waals surface area contributed by atoms with E-state index < -0.39 is 29.6 Å². The maximum absolute atomic E-state index is 9.89. The summed E-state index contributed by atoms with van der Waals surface area (Å²) in [7, 11) is 63.0. The highest BCUT2D eigenvalue weighted by Gasteiger charge is 2.22. The van der Waals surface area contributed by atoms with Crippen LogP contribution in [-0.4, -0.2) is 239 Å². The number of aromatic nitrogens is 8. The van der Waals surface area contributed by atoms with E-state index in [-0.39, 0.29) is 0 Å². The first-order chi connectivity index (χ1) is 68.4. The van der Waals surface area contributed by atoms with Gasteiger partial charge in [-0.05, 0) is 180 Å². The molecule has 144 heavy (non-hydrogen) atoms.